The van der Waals surface area contributed by atoms with Gasteiger partial charge >= 0.3 is 0 Å². The van der Waals surface area contributed by atoms with Gasteiger partial charge in [-0.3, -0.25) is 14.5 Å². The lowest BCUT2D eigenvalue weighted by molar-refractivity contribution is -0.139. The molecular formula is C15H23N5O4S. The second-order valence-corrected chi connectivity index (χ2v) is 7.21. The van der Waals surface area contributed by atoms with Crippen molar-refractivity contribution in [3.63, 3.8) is 0 Å². The highest BCUT2D eigenvalue weighted by Crippen LogP contribution is 2.23. The largest absolute Gasteiger partial charge is 0.377 e. The maximum absolute atomic E-state index is 12.6. The number of nitrogens with zero attached hydrogens (tertiary/aromatic N) is 5. The van der Waals surface area contributed by atoms with E-state index in [-0.39, 0.29) is 11.8 Å². The summed E-state index contributed by atoms with van der Waals surface area (Å²) in [4.78, 5) is 30.0. The van der Waals surface area contributed by atoms with Gasteiger partial charge in [0.2, 0.25) is 5.91 Å². The van der Waals surface area contributed by atoms with Crippen LogP contribution in [0.1, 0.15) is 10.5 Å². The summed E-state index contributed by atoms with van der Waals surface area (Å²) in [6.45, 7) is 3.81. The molecule has 25 heavy (non-hydrogen) atoms. The van der Waals surface area contributed by atoms with Gasteiger partial charge in [0.05, 0.1) is 32.9 Å². The highest BCUT2D eigenvalue weighted by molar-refractivity contribution is 7.03. The molecule has 2 fully saturated rings. The Bertz CT molecular complexity index is 611. The number of morpholine rings is 1. The molecule has 1 unspecified atom stereocenters. The summed E-state index contributed by atoms with van der Waals surface area (Å²) in [5.74, 6) is -0.106. The molecule has 2 saturated heterocycles. The average molecular weight is 369 g/mol. The van der Waals surface area contributed by atoms with Gasteiger partial charge in [0.1, 0.15) is 5.60 Å². The first kappa shape index (κ1) is 18.2. The van der Waals surface area contributed by atoms with Crippen molar-refractivity contribution in [2.24, 2.45) is 0 Å². The molecule has 0 aromatic carbocycles. The van der Waals surface area contributed by atoms with Crippen LogP contribution < -0.4 is 0 Å². The fourth-order valence-corrected chi connectivity index (χ4v) is 3.50. The number of aromatic nitrogens is 2. The van der Waals surface area contributed by atoms with E-state index >= 15 is 0 Å². The minimum Gasteiger partial charge on any atom is -0.377 e. The van der Waals surface area contributed by atoms with Crippen molar-refractivity contribution in [3.8, 4) is 0 Å². The van der Waals surface area contributed by atoms with Gasteiger partial charge in [-0.25, -0.2) is 0 Å². The lowest BCUT2D eigenvalue weighted by Crippen LogP contribution is -2.60. The topological polar surface area (TPSA) is 88.1 Å². The predicted octanol–water partition coefficient (Wildman–Crippen LogP) is -0.830. The first-order chi connectivity index (χ1) is 12.0. The zero-order valence-electron chi connectivity index (χ0n) is 14.5. The number of hydrogen-bond donors (Lipinski definition) is 0. The van der Waals surface area contributed by atoms with Gasteiger partial charge in [0.15, 0.2) is 5.69 Å². The van der Waals surface area contributed by atoms with E-state index in [0.29, 0.717) is 58.2 Å². The van der Waals surface area contributed by atoms with E-state index in [2.05, 4.69) is 9.59 Å². The van der Waals surface area contributed by atoms with Crippen molar-refractivity contribution >= 4 is 23.3 Å². The second-order valence-electron chi connectivity index (χ2n) is 6.60. The van der Waals surface area contributed by atoms with E-state index < -0.39 is 5.60 Å². The van der Waals surface area contributed by atoms with Crippen LogP contribution in [-0.4, -0.2) is 108 Å². The summed E-state index contributed by atoms with van der Waals surface area (Å²) in [6, 6.07) is 0. The molecule has 9 nitrogen and oxygen atoms in total. The lowest BCUT2D eigenvalue weighted by Gasteiger charge is -2.43. The van der Waals surface area contributed by atoms with Crippen molar-refractivity contribution in [2.45, 2.75) is 5.60 Å². The zero-order valence-corrected chi connectivity index (χ0v) is 15.3. The molecule has 2 aliphatic heterocycles. The van der Waals surface area contributed by atoms with E-state index in [4.69, 9.17) is 9.47 Å². The molecule has 0 bridgehead atoms. The Morgan fingerprint density at radius 3 is 2.88 bits per heavy atom. The molecule has 3 rings (SSSR count). The van der Waals surface area contributed by atoms with Gasteiger partial charge in [-0.05, 0) is 11.5 Å². The number of carbonyl (C=O) groups is 2. The van der Waals surface area contributed by atoms with Crippen LogP contribution in [-0.2, 0) is 14.3 Å². The molecule has 2 amide bonds. The molecule has 1 spiro atoms. The van der Waals surface area contributed by atoms with E-state index in [1.807, 2.05) is 4.90 Å². The van der Waals surface area contributed by atoms with Crippen LogP contribution >= 0.6 is 11.5 Å². The van der Waals surface area contributed by atoms with Crippen LogP contribution in [0.4, 0.5) is 0 Å². The monoisotopic (exact) mass is 369 g/mol. The molecule has 1 aromatic heterocycles. The summed E-state index contributed by atoms with van der Waals surface area (Å²) >= 11 is 1.16. The van der Waals surface area contributed by atoms with E-state index in [0.717, 1.165) is 11.5 Å². The van der Waals surface area contributed by atoms with Crippen LogP contribution in [0.5, 0.6) is 0 Å². The fourth-order valence-electron chi connectivity index (χ4n) is 3.07. The molecule has 1 aromatic rings. The van der Waals surface area contributed by atoms with Crippen LogP contribution in [0.3, 0.4) is 0 Å². The normalized spacial score (nSPS) is 25.0. The number of hydrogen-bond acceptors (Lipinski definition) is 8. The molecule has 0 saturated carbocycles. The van der Waals surface area contributed by atoms with Crippen LogP contribution in [0.15, 0.2) is 5.38 Å². The standard InChI is InChI=1S/C15H23N5O4S/c1-18(2)13(21)7-19-3-5-23-11-15(9-19)10-20(4-6-24-15)14(22)12-8-25-17-16-12/h8H,3-7,9-11H2,1-2H3. The Morgan fingerprint density at radius 2 is 2.16 bits per heavy atom. The molecule has 138 valence electrons. The highest BCUT2D eigenvalue weighted by Gasteiger charge is 2.42. The number of ether oxygens (including phenoxy) is 2. The zero-order chi connectivity index (χ0) is 17.9. The van der Waals surface area contributed by atoms with Crippen molar-refractivity contribution in [2.75, 3.05) is 66.6 Å². The summed E-state index contributed by atoms with van der Waals surface area (Å²) in [6.07, 6.45) is 0. The quantitative estimate of drug-likeness (QED) is 0.687. The predicted molar refractivity (Wildman–Crippen MR) is 90.4 cm³/mol. The lowest BCUT2D eigenvalue weighted by atomic mass is 10.0. The Labute approximate surface area is 150 Å². The first-order valence-electron chi connectivity index (χ1n) is 8.20. The summed E-state index contributed by atoms with van der Waals surface area (Å²) in [7, 11) is 3.48. The van der Waals surface area contributed by atoms with Gasteiger partial charge in [-0.15, -0.1) is 5.10 Å². The Kier molecular flexibility index (Phi) is 5.62. The van der Waals surface area contributed by atoms with Crippen LogP contribution in [0, 0.1) is 0 Å². The molecule has 0 aliphatic carbocycles. The maximum atomic E-state index is 12.6. The highest BCUT2D eigenvalue weighted by atomic mass is 32.1. The fraction of sp³-hybridized carbons (Fsp3) is 0.733. The van der Waals surface area contributed by atoms with E-state index in [9.17, 15) is 9.59 Å². The molecular weight excluding hydrogens is 346 g/mol. The Hall–Kier alpha value is -1.62. The molecule has 0 radical (unpaired) electrons. The third-order valence-electron chi connectivity index (χ3n) is 4.40. The van der Waals surface area contributed by atoms with Crippen LogP contribution in [0.25, 0.3) is 0 Å². The molecule has 0 N–H and O–H groups in total. The molecule has 1 atom stereocenters. The smallest absolute Gasteiger partial charge is 0.275 e. The van der Waals surface area contributed by atoms with E-state index in [1.165, 1.54) is 0 Å². The van der Waals surface area contributed by atoms with Crippen molar-refractivity contribution in [1.82, 2.24) is 24.3 Å². The second kappa shape index (κ2) is 7.73. The van der Waals surface area contributed by atoms with Crippen LogP contribution in [0.2, 0.25) is 0 Å². The summed E-state index contributed by atoms with van der Waals surface area (Å²) in [5.41, 5.74) is -0.267. The van der Waals surface area contributed by atoms with Gasteiger partial charge < -0.3 is 19.3 Å². The molecule has 10 heteroatoms. The molecule has 2 aliphatic rings. The SMILES string of the molecule is CN(C)C(=O)CN1CCOCC2(C1)CN(C(=O)c1csnn1)CCO2. The minimum absolute atomic E-state index is 0.0364. The molecule has 3 heterocycles. The Balaban J connectivity index is 1.70. The maximum Gasteiger partial charge on any atom is 0.275 e. The van der Waals surface area contributed by atoms with Crippen molar-refractivity contribution in [1.29, 1.82) is 0 Å². The third-order valence-corrected chi connectivity index (χ3v) is 4.91. The first-order valence-corrected chi connectivity index (χ1v) is 9.03. The van der Waals surface area contributed by atoms with Gasteiger partial charge in [-0.1, -0.05) is 4.49 Å². The number of amides is 2. The van der Waals surface area contributed by atoms with Gasteiger partial charge in [0, 0.05) is 39.1 Å². The summed E-state index contributed by atoms with van der Waals surface area (Å²) < 4.78 is 15.5. The minimum atomic E-state index is -0.625. The number of rotatable bonds is 3. The number of likely N-dealkylation sites (N-methyl/N-ethyl adjacent to an activating group) is 1. The summed E-state index contributed by atoms with van der Waals surface area (Å²) in [5, 5.41) is 5.51. The number of carbonyl (C=O) groups excluding carboxylic acids is 2. The average Bonchev–Trinajstić information content (AvgIpc) is 3.06. The Morgan fingerprint density at radius 1 is 1.32 bits per heavy atom. The third kappa shape index (κ3) is 4.32. The van der Waals surface area contributed by atoms with Gasteiger partial charge in [0.25, 0.3) is 5.91 Å². The van der Waals surface area contributed by atoms with Gasteiger partial charge in [-0.2, -0.15) is 0 Å². The van der Waals surface area contributed by atoms with Crippen molar-refractivity contribution in [3.05, 3.63) is 11.1 Å². The van der Waals surface area contributed by atoms with E-state index in [1.54, 1.807) is 29.3 Å². The van der Waals surface area contributed by atoms with Crippen molar-refractivity contribution < 1.29 is 19.1 Å².